The number of amidine groups is 1. The second-order valence-corrected chi connectivity index (χ2v) is 6.23. The average Bonchev–Trinajstić information content (AvgIpc) is 2.46. The first-order valence-corrected chi connectivity index (χ1v) is 6.94. The highest BCUT2D eigenvalue weighted by molar-refractivity contribution is 7.90. The summed E-state index contributed by atoms with van der Waals surface area (Å²) in [7, 11) is -3.49. The standard InChI is InChI=1S/C9H12N2O2S2/c1-5(2)8-10-9-7(6(3)4-14-9)15(12,13)11-8/h4-5H,1-3H3,(H,10,11). The second-order valence-electron chi connectivity index (χ2n) is 3.81. The van der Waals surface area contributed by atoms with E-state index in [1.165, 1.54) is 11.3 Å². The molecular weight excluding hydrogens is 232 g/mol. The number of fused-ring (bicyclic) bond motifs is 1. The van der Waals surface area contributed by atoms with E-state index in [4.69, 9.17) is 0 Å². The molecule has 1 aliphatic heterocycles. The topological polar surface area (TPSA) is 58.5 Å². The van der Waals surface area contributed by atoms with Gasteiger partial charge in [0.1, 0.15) is 15.7 Å². The summed E-state index contributed by atoms with van der Waals surface area (Å²) >= 11 is 1.40. The fourth-order valence-electron chi connectivity index (χ4n) is 1.40. The quantitative estimate of drug-likeness (QED) is 0.824. The molecule has 0 saturated heterocycles. The first-order valence-electron chi connectivity index (χ1n) is 4.62. The van der Waals surface area contributed by atoms with Crippen LogP contribution in [0, 0.1) is 12.8 Å². The number of sulfonamides is 1. The van der Waals surface area contributed by atoms with Crippen molar-refractivity contribution >= 4 is 32.2 Å². The van der Waals surface area contributed by atoms with Crippen molar-refractivity contribution in [2.75, 3.05) is 5.32 Å². The van der Waals surface area contributed by atoms with E-state index in [-0.39, 0.29) is 5.92 Å². The molecule has 1 N–H and O–H groups in total. The Morgan fingerprint density at radius 3 is 2.73 bits per heavy atom. The van der Waals surface area contributed by atoms with Gasteiger partial charge < -0.3 is 5.32 Å². The van der Waals surface area contributed by atoms with Crippen LogP contribution in [0.25, 0.3) is 0 Å². The van der Waals surface area contributed by atoms with Crippen molar-refractivity contribution in [2.24, 2.45) is 10.3 Å². The molecule has 82 valence electrons. The maximum atomic E-state index is 11.8. The van der Waals surface area contributed by atoms with Gasteiger partial charge in [-0.05, 0) is 17.9 Å². The Kier molecular flexibility index (Phi) is 2.35. The number of rotatable bonds is 1. The lowest BCUT2D eigenvalue weighted by Gasteiger charge is -2.17. The predicted octanol–water partition coefficient (Wildman–Crippen LogP) is 2.23. The fourth-order valence-corrected chi connectivity index (χ4v) is 4.14. The van der Waals surface area contributed by atoms with E-state index >= 15 is 0 Å². The van der Waals surface area contributed by atoms with Gasteiger partial charge in [-0.3, -0.25) is 0 Å². The highest BCUT2D eigenvalue weighted by Gasteiger charge is 2.29. The van der Waals surface area contributed by atoms with E-state index in [0.717, 1.165) is 5.56 Å². The van der Waals surface area contributed by atoms with Crippen LogP contribution in [0.2, 0.25) is 0 Å². The molecule has 4 nitrogen and oxygen atoms in total. The van der Waals surface area contributed by atoms with Crippen molar-refractivity contribution in [3.63, 3.8) is 0 Å². The second kappa shape index (κ2) is 3.31. The molecule has 0 saturated carbocycles. The van der Waals surface area contributed by atoms with Crippen LogP contribution in [0.3, 0.4) is 0 Å². The monoisotopic (exact) mass is 244 g/mol. The van der Waals surface area contributed by atoms with Crippen molar-refractivity contribution in [3.8, 4) is 0 Å². The molecule has 0 spiro atoms. The summed E-state index contributed by atoms with van der Waals surface area (Å²) in [6, 6.07) is 0. The zero-order valence-corrected chi connectivity index (χ0v) is 10.4. The Bertz CT molecular complexity index is 526. The van der Waals surface area contributed by atoms with Crippen LogP contribution in [-0.4, -0.2) is 14.3 Å². The Hall–Kier alpha value is -0.880. The minimum Gasteiger partial charge on any atom is -0.333 e. The first kappa shape index (κ1) is 10.6. The zero-order valence-electron chi connectivity index (χ0n) is 8.73. The lowest BCUT2D eigenvalue weighted by Crippen LogP contribution is -2.24. The Morgan fingerprint density at radius 1 is 1.47 bits per heavy atom. The van der Waals surface area contributed by atoms with Gasteiger partial charge in [-0.2, -0.15) is 8.42 Å². The summed E-state index contributed by atoms with van der Waals surface area (Å²) < 4.78 is 27.5. The van der Waals surface area contributed by atoms with E-state index < -0.39 is 10.0 Å². The molecular formula is C9H12N2O2S2. The van der Waals surface area contributed by atoms with Crippen LogP contribution in [0.15, 0.2) is 14.7 Å². The van der Waals surface area contributed by atoms with Crippen molar-refractivity contribution in [1.29, 1.82) is 0 Å². The fraction of sp³-hybridized carbons (Fsp3) is 0.444. The van der Waals surface area contributed by atoms with Gasteiger partial charge in [0.15, 0.2) is 0 Å². The minimum atomic E-state index is -3.49. The van der Waals surface area contributed by atoms with Crippen LogP contribution < -0.4 is 5.32 Å². The highest BCUT2D eigenvalue weighted by atomic mass is 32.2. The maximum absolute atomic E-state index is 11.8. The SMILES string of the molecule is Cc1csc2c1S(=O)(=O)N=C(C(C)C)N2. The predicted molar refractivity (Wildman–Crippen MR) is 62.1 cm³/mol. The molecule has 0 unspecified atom stereocenters. The largest absolute Gasteiger partial charge is 0.333 e. The molecule has 2 heterocycles. The Balaban J connectivity index is 2.62. The van der Waals surface area contributed by atoms with Crippen molar-refractivity contribution < 1.29 is 8.42 Å². The van der Waals surface area contributed by atoms with Gasteiger partial charge in [-0.25, -0.2) is 0 Å². The third kappa shape index (κ3) is 1.68. The lowest BCUT2D eigenvalue weighted by atomic mass is 10.2. The molecule has 0 fully saturated rings. The Labute approximate surface area is 93.1 Å². The first-order chi connectivity index (χ1) is 6.92. The van der Waals surface area contributed by atoms with Gasteiger partial charge >= 0.3 is 0 Å². The van der Waals surface area contributed by atoms with E-state index in [1.807, 2.05) is 19.2 Å². The molecule has 2 rings (SSSR count). The van der Waals surface area contributed by atoms with Crippen LogP contribution in [0.4, 0.5) is 5.00 Å². The summed E-state index contributed by atoms with van der Waals surface area (Å²) in [5, 5.41) is 5.58. The number of thiophene rings is 1. The van der Waals surface area contributed by atoms with Gasteiger partial charge in [-0.15, -0.1) is 15.7 Å². The molecule has 15 heavy (non-hydrogen) atoms. The van der Waals surface area contributed by atoms with Crippen LogP contribution in [0.1, 0.15) is 19.4 Å². The third-order valence-electron chi connectivity index (χ3n) is 2.18. The Morgan fingerprint density at radius 2 is 2.13 bits per heavy atom. The number of nitrogens with zero attached hydrogens (tertiary/aromatic N) is 1. The van der Waals surface area contributed by atoms with E-state index in [9.17, 15) is 8.42 Å². The molecule has 1 aliphatic rings. The molecule has 0 aromatic carbocycles. The van der Waals surface area contributed by atoms with Gasteiger partial charge in [0.25, 0.3) is 10.0 Å². The summed E-state index contributed by atoms with van der Waals surface area (Å²) in [6.07, 6.45) is 0. The zero-order chi connectivity index (χ0) is 11.2. The third-order valence-corrected chi connectivity index (χ3v) is 4.80. The summed E-state index contributed by atoms with van der Waals surface area (Å²) in [5.41, 5.74) is 0.758. The molecule has 6 heteroatoms. The molecule has 0 aliphatic carbocycles. The lowest BCUT2D eigenvalue weighted by molar-refractivity contribution is 0.597. The summed E-state index contributed by atoms with van der Waals surface area (Å²) in [4.78, 5) is 0.330. The number of aryl methyl sites for hydroxylation is 1. The van der Waals surface area contributed by atoms with E-state index in [0.29, 0.717) is 15.7 Å². The average molecular weight is 244 g/mol. The number of hydrogen-bond donors (Lipinski definition) is 1. The van der Waals surface area contributed by atoms with Gasteiger partial charge in [0.05, 0.1) is 0 Å². The normalized spacial score (nSPS) is 18.3. The van der Waals surface area contributed by atoms with Gasteiger partial charge in [-0.1, -0.05) is 13.8 Å². The summed E-state index contributed by atoms with van der Waals surface area (Å²) in [5.74, 6) is 0.597. The smallest absolute Gasteiger partial charge is 0.287 e. The van der Waals surface area contributed by atoms with Crippen molar-refractivity contribution in [1.82, 2.24) is 0 Å². The highest BCUT2D eigenvalue weighted by Crippen LogP contribution is 2.36. The van der Waals surface area contributed by atoms with E-state index in [1.54, 1.807) is 6.92 Å². The molecule has 0 bridgehead atoms. The van der Waals surface area contributed by atoms with Crippen molar-refractivity contribution in [3.05, 3.63) is 10.9 Å². The molecule has 0 atom stereocenters. The maximum Gasteiger partial charge on any atom is 0.287 e. The molecule has 0 amide bonds. The van der Waals surface area contributed by atoms with Crippen LogP contribution in [-0.2, 0) is 10.0 Å². The number of hydrogen-bond acceptors (Lipinski definition) is 4. The van der Waals surface area contributed by atoms with Crippen molar-refractivity contribution in [2.45, 2.75) is 25.7 Å². The van der Waals surface area contributed by atoms with Gasteiger partial charge in [0.2, 0.25) is 0 Å². The molecule has 0 radical (unpaired) electrons. The minimum absolute atomic E-state index is 0.0790. The molecule has 1 aromatic heterocycles. The van der Waals surface area contributed by atoms with Gasteiger partial charge in [0, 0.05) is 5.92 Å². The summed E-state index contributed by atoms with van der Waals surface area (Å²) in [6.45, 7) is 5.60. The number of nitrogens with one attached hydrogen (secondary N) is 1. The number of anilines is 1. The molecule has 1 aromatic rings. The van der Waals surface area contributed by atoms with Crippen LogP contribution in [0.5, 0.6) is 0 Å². The van der Waals surface area contributed by atoms with E-state index in [2.05, 4.69) is 9.71 Å². The van der Waals surface area contributed by atoms with Crippen LogP contribution >= 0.6 is 11.3 Å².